The number of carbonyl (C=O) groups excluding carboxylic acids is 1. The topological polar surface area (TPSA) is 109 Å². The Morgan fingerprint density at radius 1 is 1.08 bits per heavy atom. The predicted molar refractivity (Wildman–Crippen MR) is 100.0 cm³/mol. The summed E-state index contributed by atoms with van der Waals surface area (Å²) in [6.45, 7) is 1.37. The second-order valence-electron chi connectivity index (χ2n) is 5.49. The van der Waals surface area contributed by atoms with Crippen molar-refractivity contribution in [2.24, 2.45) is 5.73 Å². The van der Waals surface area contributed by atoms with Crippen molar-refractivity contribution in [3.05, 3.63) is 29.8 Å². The lowest BCUT2D eigenvalue weighted by molar-refractivity contribution is -0.116. The number of hydrogen-bond acceptors (Lipinski definition) is 4. The molecule has 1 amide bonds. The molecule has 1 rings (SSSR count). The van der Waals surface area contributed by atoms with Crippen LogP contribution in [0.5, 0.6) is 11.5 Å². The smallest absolute Gasteiger partial charge is 0.243 e. The average Bonchev–Trinajstić information content (AvgIpc) is 2.61. The molecule has 0 saturated carbocycles. The third-order valence-corrected chi connectivity index (χ3v) is 3.55. The summed E-state index contributed by atoms with van der Waals surface area (Å²) in [5.74, 6) is 1.17. The molecular formula is C18H28N4O3. The van der Waals surface area contributed by atoms with Crippen LogP contribution in [0.1, 0.15) is 31.2 Å². The fourth-order valence-electron chi connectivity index (χ4n) is 2.23. The number of rotatable bonds is 11. The number of ether oxygens (including phenoxy) is 2. The number of nitrogens with two attached hydrogens (primary N) is 1. The zero-order valence-corrected chi connectivity index (χ0v) is 14.9. The van der Waals surface area contributed by atoms with Gasteiger partial charge in [-0.1, -0.05) is 18.9 Å². The SMILES string of the molecule is COc1ccc(C=CC(=O)NCCCCCCNC(=N)N)cc1OC. The number of methoxy groups -OCH3 is 2. The lowest BCUT2D eigenvalue weighted by Crippen LogP contribution is -2.30. The highest BCUT2D eigenvalue weighted by Gasteiger charge is 2.03. The van der Waals surface area contributed by atoms with Crippen LogP contribution >= 0.6 is 0 Å². The van der Waals surface area contributed by atoms with E-state index in [0.717, 1.165) is 37.8 Å². The number of guanidine groups is 1. The highest BCUT2D eigenvalue weighted by atomic mass is 16.5. The van der Waals surface area contributed by atoms with Gasteiger partial charge in [0, 0.05) is 19.2 Å². The minimum Gasteiger partial charge on any atom is -0.493 e. The van der Waals surface area contributed by atoms with Gasteiger partial charge in [-0.25, -0.2) is 0 Å². The molecule has 25 heavy (non-hydrogen) atoms. The molecule has 0 fully saturated rings. The molecule has 0 unspecified atom stereocenters. The van der Waals surface area contributed by atoms with Gasteiger partial charge in [0.1, 0.15) is 0 Å². The number of carbonyl (C=O) groups is 1. The zero-order chi connectivity index (χ0) is 18.5. The first-order chi connectivity index (χ1) is 12.1. The van der Waals surface area contributed by atoms with Gasteiger partial charge in [0.05, 0.1) is 14.2 Å². The molecule has 7 heteroatoms. The first-order valence-corrected chi connectivity index (χ1v) is 8.32. The van der Waals surface area contributed by atoms with E-state index in [1.165, 1.54) is 6.08 Å². The molecule has 0 aromatic heterocycles. The van der Waals surface area contributed by atoms with E-state index in [9.17, 15) is 4.79 Å². The second-order valence-corrected chi connectivity index (χ2v) is 5.49. The fraction of sp³-hybridized carbons (Fsp3) is 0.444. The summed E-state index contributed by atoms with van der Waals surface area (Å²) in [5, 5.41) is 12.7. The highest BCUT2D eigenvalue weighted by Crippen LogP contribution is 2.27. The molecule has 0 aliphatic carbocycles. The Morgan fingerprint density at radius 2 is 1.72 bits per heavy atom. The second kappa shape index (κ2) is 11.8. The number of benzene rings is 1. The summed E-state index contributed by atoms with van der Waals surface area (Å²) in [6.07, 6.45) is 7.21. The van der Waals surface area contributed by atoms with Crippen molar-refractivity contribution in [3.8, 4) is 11.5 Å². The number of unbranched alkanes of at least 4 members (excludes halogenated alkanes) is 3. The molecule has 5 N–H and O–H groups in total. The molecule has 0 atom stereocenters. The van der Waals surface area contributed by atoms with Crippen molar-refractivity contribution in [1.82, 2.24) is 10.6 Å². The van der Waals surface area contributed by atoms with Gasteiger partial charge in [0.15, 0.2) is 17.5 Å². The lowest BCUT2D eigenvalue weighted by atomic mass is 10.2. The molecule has 1 aromatic rings. The van der Waals surface area contributed by atoms with Crippen LogP contribution in [0.3, 0.4) is 0 Å². The maximum absolute atomic E-state index is 11.8. The lowest BCUT2D eigenvalue weighted by Gasteiger charge is -2.07. The van der Waals surface area contributed by atoms with Crippen molar-refractivity contribution in [3.63, 3.8) is 0 Å². The van der Waals surface area contributed by atoms with E-state index in [1.54, 1.807) is 26.4 Å². The fourth-order valence-corrected chi connectivity index (χ4v) is 2.23. The number of hydrogen-bond donors (Lipinski definition) is 4. The van der Waals surface area contributed by atoms with Crippen molar-refractivity contribution in [2.75, 3.05) is 27.3 Å². The van der Waals surface area contributed by atoms with Gasteiger partial charge in [-0.05, 0) is 36.6 Å². The third kappa shape index (κ3) is 8.64. The van der Waals surface area contributed by atoms with Gasteiger partial charge < -0.3 is 25.8 Å². The van der Waals surface area contributed by atoms with Crippen molar-refractivity contribution < 1.29 is 14.3 Å². The van der Waals surface area contributed by atoms with Gasteiger partial charge in [-0.15, -0.1) is 0 Å². The predicted octanol–water partition coefficient (Wildman–Crippen LogP) is 1.88. The van der Waals surface area contributed by atoms with Crippen molar-refractivity contribution in [2.45, 2.75) is 25.7 Å². The summed E-state index contributed by atoms with van der Waals surface area (Å²) in [6, 6.07) is 5.48. The Kier molecular flexibility index (Phi) is 9.58. The standard InChI is InChI=1S/C18H28N4O3/c1-24-15-9-7-14(13-16(15)25-2)8-10-17(23)21-11-5-3-4-6-12-22-18(19)20/h7-10,13H,3-6,11-12H2,1-2H3,(H,21,23)(H4,19,20,22). The normalized spacial score (nSPS) is 10.5. The molecule has 0 aliphatic rings. The summed E-state index contributed by atoms with van der Waals surface area (Å²) in [7, 11) is 3.16. The summed E-state index contributed by atoms with van der Waals surface area (Å²) in [4.78, 5) is 11.8. The minimum atomic E-state index is -0.118. The van der Waals surface area contributed by atoms with Gasteiger partial charge in [-0.3, -0.25) is 10.2 Å². The number of amides is 1. The Balaban J connectivity index is 2.23. The van der Waals surface area contributed by atoms with Crippen molar-refractivity contribution >= 4 is 17.9 Å². The van der Waals surface area contributed by atoms with Crippen LogP contribution in [0.4, 0.5) is 0 Å². The van der Waals surface area contributed by atoms with Crippen molar-refractivity contribution in [1.29, 1.82) is 5.41 Å². The quantitative estimate of drug-likeness (QED) is 0.211. The Morgan fingerprint density at radius 3 is 2.32 bits per heavy atom. The molecule has 0 saturated heterocycles. The van der Waals surface area contributed by atoms with Gasteiger partial charge in [0.25, 0.3) is 0 Å². The molecule has 0 aliphatic heterocycles. The van der Waals surface area contributed by atoms with Gasteiger partial charge in [-0.2, -0.15) is 0 Å². The molecule has 138 valence electrons. The summed E-state index contributed by atoms with van der Waals surface area (Å²) < 4.78 is 10.4. The molecule has 0 radical (unpaired) electrons. The molecule has 7 nitrogen and oxygen atoms in total. The van der Waals surface area contributed by atoms with E-state index in [2.05, 4.69) is 10.6 Å². The third-order valence-electron chi connectivity index (χ3n) is 3.55. The molecule has 0 heterocycles. The first-order valence-electron chi connectivity index (χ1n) is 8.32. The maximum atomic E-state index is 11.8. The van der Waals surface area contributed by atoms with E-state index in [4.69, 9.17) is 20.6 Å². The van der Waals surface area contributed by atoms with Crippen LogP contribution in [0, 0.1) is 5.41 Å². The van der Waals surface area contributed by atoms with Gasteiger partial charge in [0.2, 0.25) is 5.91 Å². The zero-order valence-electron chi connectivity index (χ0n) is 14.9. The highest BCUT2D eigenvalue weighted by molar-refractivity contribution is 5.91. The Hall–Kier alpha value is -2.70. The largest absolute Gasteiger partial charge is 0.493 e. The average molecular weight is 348 g/mol. The minimum absolute atomic E-state index is 0.00790. The van der Waals surface area contributed by atoms with Crippen LogP contribution in [0.25, 0.3) is 6.08 Å². The van der Waals surface area contributed by atoms with Crippen LogP contribution in [0.15, 0.2) is 24.3 Å². The Labute approximate surface area is 149 Å². The molecular weight excluding hydrogens is 320 g/mol. The Bertz CT molecular complexity index is 588. The monoisotopic (exact) mass is 348 g/mol. The molecule has 1 aromatic carbocycles. The van der Waals surface area contributed by atoms with E-state index < -0.39 is 0 Å². The van der Waals surface area contributed by atoms with Crippen LogP contribution in [0.2, 0.25) is 0 Å². The van der Waals surface area contributed by atoms with E-state index in [1.807, 2.05) is 12.1 Å². The van der Waals surface area contributed by atoms with Crippen LogP contribution in [-0.4, -0.2) is 39.2 Å². The maximum Gasteiger partial charge on any atom is 0.243 e. The van der Waals surface area contributed by atoms with Crippen LogP contribution < -0.4 is 25.8 Å². The number of nitrogens with one attached hydrogen (secondary N) is 3. The molecule has 0 spiro atoms. The summed E-state index contributed by atoms with van der Waals surface area (Å²) in [5.41, 5.74) is 6.06. The van der Waals surface area contributed by atoms with Gasteiger partial charge >= 0.3 is 0 Å². The first kappa shape index (κ1) is 20.3. The van der Waals surface area contributed by atoms with E-state index >= 15 is 0 Å². The molecule has 0 bridgehead atoms. The van der Waals surface area contributed by atoms with E-state index in [-0.39, 0.29) is 11.9 Å². The van der Waals surface area contributed by atoms with Crippen LogP contribution in [-0.2, 0) is 4.79 Å². The van der Waals surface area contributed by atoms with E-state index in [0.29, 0.717) is 18.0 Å². The summed E-state index contributed by atoms with van der Waals surface area (Å²) >= 11 is 0.